The number of benzene rings is 7. The smallest absolute Gasteiger partial charge is 0.134 e. The summed E-state index contributed by atoms with van der Waals surface area (Å²) >= 11 is 1.84. The van der Waals surface area contributed by atoms with E-state index in [2.05, 4.69) is 138 Å². The van der Waals surface area contributed by atoms with Gasteiger partial charge < -0.3 is 19.3 Å². The van der Waals surface area contributed by atoms with Crippen molar-refractivity contribution < 1.29 is 9.84 Å². The van der Waals surface area contributed by atoms with E-state index in [-0.39, 0.29) is 5.75 Å². The molecule has 7 aromatic carbocycles. The van der Waals surface area contributed by atoms with Crippen LogP contribution in [0.15, 0.2) is 207 Å². The van der Waals surface area contributed by atoms with Gasteiger partial charge in [0.05, 0.1) is 23.0 Å². The number of phenols is 1. The zero-order valence-corrected chi connectivity index (χ0v) is 32.8. The van der Waals surface area contributed by atoms with Gasteiger partial charge in [-0.2, -0.15) is 0 Å². The third kappa shape index (κ3) is 5.74. The van der Waals surface area contributed by atoms with E-state index < -0.39 is 0 Å². The molecule has 0 radical (unpaired) electrons. The van der Waals surface area contributed by atoms with Crippen molar-refractivity contribution in [2.45, 2.75) is 0 Å². The number of aromatic hydroxyl groups is 1. The predicted molar refractivity (Wildman–Crippen MR) is 249 cm³/mol. The molecular weight excluding hydrogens is 741 g/mol. The monoisotopic (exact) mass is 776 g/mol. The van der Waals surface area contributed by atoms with Gasteiger partial charge in [0, 0.05) is 65.2 Å². The third-order valence-corrected chi connectivity index (χ3v) is 12.6. The summed E-state index contributed by atoms with van der Waals surface area (Å²) in [5.74, 6) is 1.03. The lowest BCUT2D eigenvalue weighted by Gasteiger charge is -2.27. The van der Waals surface area contributed by atoms with Crippen LogP contribution >= 0.6 is 11.3 Å². The van der Waals surface area contributed by atoms with E-state index in [4.69, 9.17) is 4.74 Å². The van der Waals surface area contributed by atoms with Crippen molar-refractivity contribution in [3.63, 3.8) is 0 Å². The van der Waals surface area contributed by atoms with Crippen LogP contribution in [0.3, 0.4) is 0 Å². The Morgan fingerprint density at radius 3 is 2.31 bits per heavy atom. The lowest BCUT2D eigenvalue weighted by Crippen LogP contribution is -2.17. The molecule has 0 fully saturated rings. The minimum atomic E-state index is 0.272. The molecule has 4 heterocycles. The highest BCUT2D eigenvalue weighted by molar-refractivity contribution is 7.26. The minimum absolute atomic E-state index is 0.272. The number of hydrogen-bond acceptors (Lipinski definition) is 4. The molecule has 0 saturated carbocycles. The van der Waals surface area contributed by atoms with Crippen molar-refractivity contribution in [1.82, 2.24) is 4.57 Å². The summed E-state index contributed by atoms with van der Waals surface area (Å²) in [6.45, 7) is 8.85. The van der Waals surface area contributed by atoms with Crippen molar-refractivity contribution in [2.75, 3.05) is 4.90 Å². The summed E-state index contributed by atoms with van der Waals surface area (Å²) in [5.41, 5.74) is 13.1. The van der Waals surface area contributed by atoms with Crippen molar-refractivity contribution in [1.29, 1.82) is 0 Å². The van der Waals surface area contributed by atoms with Crippen LogP contribution in [-0.2, 0) is 0 Å². The Morgan fingerprint density at radius 1 is 0.576 bits per heavy atom. The molecule has 59 heavy (non-hydrogen) atoms. The maximum atomic E-state index is 10.7. The van der Waals surface area contributed by atoms with Crippen molar-refractivity contribution >= 4 is 70.1 Å². The Labute approximate surface area is 345 Å². The Morgan fingerprint density at radius 2 is 1.39 bits per heavy atom. The fourth-order valence-electron chi connectivity index (χ4n) is 8.63. The maximum Gasteiger partial charge on any atom is 0.134 e. The number of allylic oxidation sites excluding steroid dienone is 7. The number of thiophene rings is 1. The molecule has 2 aliphatic rings. The molecule has 4 nitrogen and oxygen atoms in total. The summed E-state index contributed by atoms with van der Waals surface area (Å²) in [7, 11) is 0. The van der Waals surface area contributed by atoms with E-state index in [1.165, 1.54) is 30.9 Å². The average molecular weight is 777 g/mol. The zero-order chi connectivity index (χ0) is 39.6. The third-order valence-electron chi connectivity index (χ3n) is 11.4. The molecule has 0 saturated heterocycles. The molecule has 0 atom stereocenters. The summed E-state index contributed by atoms with van der Waals surface area (Å²) in [4.78, 5) is 2.15. The Bertz CT molecular complexity index is 3370. The predicted octanol–water partition coefficient (Wildman–Crippen LogP) is 14.6. The van der Waals surface area contributed by atoms with Crippen LogP contribution in [0, 0.1) is 0 Å². The van der Waals surface area contributed by atoms with Crippen LogP contribution < -0.4 is 9.64 Å². The number of phenolic OH excluding ortho intramolecular Hbond substituents is 1. The van der Waals surface area contributed by atoms with E-state index in [1.807, 2.05) is 72.0 Å². The van der Waals surface area contributed by atoms with Crippen LogP contribution in [0.4, 0.5) is 5.69 Å². The van der Waals surface area contributed by atoms with Gasteiger partial charge in [0.25, 0.3) is 0 Å². The molecule has 5 heteroatoms. The number of ether oxygens (including phenoxy) is 1. The highest BCUT2D eigenvalue weighted by Gasteiger charge is 2.20. The highest BCUT2D eigenvalue weighted by Crippen LogP contribution is 2.45. The van der Waals surface area contributed by atoms with E-state index >= 15 is 0 Å². The second-order valence-corrected chi connectivity index (χ2v) is 16.0. The van der Waals surface area contributed by atoms with E-state index in [0.717, 1.165) is 78.4 Å². The average Bonchev–Trinajstić information content (AvgIpc) is 3.80. The van der Waals surface area contributed by atoms with Gasteiger partial charge in [-0.25, -0.2) is 0 Å². The van der Waals surface area contributed by atoms with Gasteiger partial charge in [0.1, 0.15) is 11.5 Å². The largest absolute Gasteiger partial charge is 0.507 e. The first-order valence-corrected chi connectivity index (χ1v) is 20.4. The minimum Gasteiger partial charge on any atom is -0.507 e. The molecule has 0 unspecified atom stereocenters. The van der Waals surface area contributed by atoms with Crippen molar-refractivity contribution in [2.24, 2.45) is 0 Å². The van der Waals surface area contributed by atoms with Crippen LogP contribution in [0.2, 0.25) is 0 Å². The first kappa shape index (κ1) is 34.6. The SMILES string of the molecule is C=C1/C=C(N2/C=C\C=C/C(=C)c3ccccc32)\C=C/Oc2ccc(-c3ccc4sc5c(ccc6c5c5ccccc5n6-c5cccc(-c6ccccc6O)c5)c4c3)cc21. The molecular formula is C54H36N2O2S. The normalized spacial score (nSPS) is 16.4. The summed E-state index contributed by atoms with van der Waals surface area (Å²) < 4.78 is 11.1. The number of hydrogen-bond donors (Lipinski definition) is 1. The van der Waals surface area contributed by atoms with E-state index in [1.54, 1.807) is 12.3 Å². The lowest BCUT2D eigenvalue weighted by atomic mass is 9.96. The summed E-state index contributed by atoms with van der Waals surface area (Å²) in [6, 6.07) is 50.6. The standard InChI is InChI=1S/C54H36N2O2S/c1-34-12-9-10-28-55(47-18-6-3-15-41(34)47)39-27-29-58-51-25-21-36(32-45(51)35(2)30-39)37-22-26-52-46(33-37)43-23-24-49-53(54(43)59-52)44-17-4-7-19-48(44)56(49)40-14-11-13-38(31-40)42-16-5-8-20-50(42)57/h3-33,57H,1-2H2/b12-9-,28-10-,29-27-,39-30+. The molecule has 280 valence electrons. The van der Waals surface area contributed by atoms with E-state index in [9.17, 15) is 5.11 Å². The number of fused-ring (bicyclic) bond motifs is 9. The van der Waals surface area contributed by atoms with Gasteiger partial charge >= 0.3 is 0 Å². The fraction of sp³-hybridized carbons (Fsp3) is 0. The van der Waals surface area contributed by atoms with Gasteiger partial charge in [0.15, 0.2) is 0 Å². The summed E-state index contributed by atoms with van der Waals surface area (Å²) in [6.07, 6.45) is 14.0. The number of aromatic nitrogens is 1. The summed E-state index contributed by atoms with van der Waals surface area (Å²) in [5, 5.41) is 15.6. The number of rotatable bonds is 4. The van der Waals surface area contributed by atoms with Gasteiger partial charge in [-0.3, -0.25) is 0 Å². The second-order valence-electron chi connectivity index (χ2n) is 14.9. The Kier molecular flexibility index (Phi) is 8.10. The van der Waals surface area contributed by atoms with E-state index in [0.29, 0.717) is 0 Å². The molecule has 2 aromatic heterocycles. The Hall–Kier alpha value is -7.60. The van der Waals surface area contributed by atoms with Crippen LogP contribution in [0.5, 0.6) is 11.5 Å². The van der Waals surface area contributed by atoms with Crippen LogP contribution in [-0.4, -0.2) is 9.67 Å². The molecule has 0 amide bonds. The van der Waals surface area contributed by atoms with Gasteiger partial charge in [-0.15, -0.1) is 11.3 Å². The lowest BCUT2D eigenvalue weighted by molar-refractivity contribution is 0.477. The molecule has 1 N–H and O–H groups in total. The van der Waals surface area contributed by atoms with Crippen molar-refractivity contribution in [3.8, 4) is 39.4 Å². The van der Waals surface area contributed by atoms with Gasteiger partial charge in [-0.05, 0) is 107 Å². The topological polar surface area (TPSA) is 37.6 Å². The van der Waals surface area contributed by atoms with Crippen LogP contribution in [0.1, 0.15) is 11.1 Å². The first-order valence-electron chi connectivity index (χ1n) is 19.6. The first-order chi connectivity index (χ1) is 29.0. The molecule has 2 aliphatic heterocycles. The molecule has 0 aliphatic carbocycles. The number of anilines is 1. The number of nitrogens with zero attached hydrogens (tertiary/aromatic N) is 2. The van der Waals surface area contributed by atoms with Crippen LogP contribution in [0.25, 0.3) is 81.1 Å². The Balaban J connectivity index is 1.000. The second kappa shape index (κ2) is 13.8. The molecule has 9 aromatic rings. The zero-order valence-electron chi connectivity index (χ0n) is 32.0. The highest BCUT2D eigenvalue weighted by atomic mass is 32.1. The van der Waals surface area contributed by atoms with Gasteiger partial charge in [-0.1, -0.05) is 110 Å². The number of para-hydroxylation sites is 3. The fourth-order valence-corrected chi connectivity index (χ4v) is 9.87. The molecule has 11 rings (SSSR count). The maximum absolute atomic E-state index is 10.7. The quantitative estimate of drug-likeness (QED) is 0.193. The van der Waals surface area contributed by atoms with Crippen molar-refractivity contribution in [3.05, 3.63) is 218 Å². The molecule has 0 bridgehead atoms. The van der Waals surface area contributed by atoms with Gasteiger partial charge in [0.2, 0.25) is 0 Å². The molecule has 0 spiro atoms.